The summed E-state index contributed by atoms with van der Waals surface area (Å²) >= 11 is 0. The second kappa shape index (κ2) is 5.07. The third kappa shape index (κ3) is 2.69. The van der Waals surface area contributed by atoms with E-state index in [0.717, 1.165) is 17.9 Å². The number of nitrogens with zero attached hydrogens (tertiary/aromatic N) is 3. The first-order valence-corrected chi connectivity index (χ1v) is 5.55. The molecule has 3 N–H and O–H groups in total. The van der Waals surface area contributed by atoms with Gasteiger partial charge in [0.1, 0.15) is 5.82 Å². The van der Waals surface area contributed by atoms with Crippen LogP contribution in [0.1, 0.15) is 23.1 Å². The predicted octanol–water partition coefficient (Wildman–Crippen LogP) is 0.871. The fourth-order valence-corrected chi connectivity index (χ4v) is 1.77. The van der Waals surface area contributed by atoms with E-state index >= 15 is 0 Å². The van der Waals surface area contributed by atoms with Gasteiger partial charge in [0, 0.05) is 32.1 Å². The molecule has 0 spiro atoms. The van der Waals surface area contributed by atoms with Gasteiger partial charge < -0.3 is 4.57 Å². The molecule has 90 valence electrons. The second-order valence-corrected chi connectivity index (χ2v) is 4.14. The summed E-state index contributed by atoms with van der Waals surface area (Å²) in [6.07, 6.45) is 6.23. The van der Waals surface area contributed by atoms with Gasteiger partial charge in [-0.25, -0.2) is 4.98 Å². The quantitative estimate of drug-likeness (QED) is 0.605. The van der Waals surface area contributed by atoms with Crippen LogP contribution in [0.2, 0.25) is 0 Å². The van der Waals surface area contributed by atoms with Crippen LogP contribution in [-0.4, -0.2) is 14.5 Å². The molecule has 2 aromatic rings. The molecule has 2 aromatic heterocycles. The summed E-state index contributed by atoms with van der Waals surface area (Å²) in [6, 6.07) is 3.99. The molecular weight excluding hydrogens is 214 g/mol. The molecule has 0 saturated heterocycles. The molecular formula is C12H17N5. The molecule has 2 rings (SSSR count). The minimum atomic E-state index is -0.0176. The molecule has 17 heavy (non-hydrogen) atoms. The number of hydrogen-bond acceptors (Lipinski definition) is 4. The summed E-state index contributed by atoms with van der Waals surface area (Å²) < 4.78 is 1.99. The Kier molecular flexibility index (Phi) is 3.51. The number of aryl methyl sites for hydroxylation is 2. The standard InChI is InChI=1S/C12H17N5/c1-9-3-4-14-10(7-9)11(16-13)8-12-15-5-6-17(12)2/h3-7,11,16H,8,13H2,1-2H3. The van der Waals surface area contributed by atoms with Crippen molar-refractivity contribution >= 4 is 0 Å². The maximum atomic E-state index is 5.59. The first-order chi connectivity index (χ1) is 8.20. The highest BCUT2D eigenvalue weighted by atomic mass is 15.2. The van der Waals surface area contributed by atoms with Crippen LogP contribution in [0, 0.1) is 6.92 Å². The van der Waals surface area contributed by atoms with Gasteiger partial charge in [-0.2, -0.15) is 0 Å². The van der Waals surface area contributed by atoms with Crippen molar-refractivity contribution in [1.29, 1.82) is 0 Å². The molecule has 0 bridgehead atoms. The summed E-state index contributed by atoms with van der Waals surface area (Å²) in [4.78, 5) is 8.63. The molecule has 2 heterocycles. The molecule has 1 atom stereocenters. The SMILES string of the molecule is Cc1ccnc(C(Cc2nccn2C)NN)c1. The second-order valence-electron chi connectivity index (χ2n) is 4.14. The van der Waals surface area contributed by atoms with E-state index in [9.17, 15) is 0 Å². The Balaban J connectivity index is 2.20. The lowest BCUT2D eigenvalue weighted by molar-refractivity contribution is 0.518. The van der Waals surface area contributed by atoms with Crippen LogP contribution in [0.15, 0.2) is 30.7 Å². The summed E-state index contributed by atoms with van der Waals surface area (Å²) in [5, 5.41) is 0. The van der Waals surface area contributed by atoms with Gasteiger partial charge >= 0.3 is 0 Å². The van der Waals surface area contributed by atoms with Gasteiger partial charge in [-0.15, -0.1) is 0 Å². The highest BCUT2D eigenvalue weighted by Gasteiger charge is 2.14. The van der Waals surface area contributed by atoms with Crippen molar-refractivity contribution in [2.45, 2.75) is 19.4 Å². The van der Waals surface area contributed by atoms with Crippen molar-refractivity contribution in [2.75, 3.05) is 0 Å². The van der Waals surface area contributed by atoms with Gasteiger partial charge in [0.2, 0.25) is 0 Å². The topological polar surface area (TPSA) is 68.8 Å². The number of hydrogen-bond donors (Lipinski definition) is 2. The number of nitrogens with one attached hydrogen (secondary N) is 1. The largest absolute Gasteiger partial charge is 0.338 e. The van der Waals surface area contributed by atoms with Crippen LogP contribution in [0.4, 0.5) is 0 Å². The van der Waals surface area contributed by atoms with Crippen LogP contribution >= 0.6 is 0 Å². The van der Waals surface area contributed by atoms with E-state index in [1.807, 2.05) is 36.9 Å². The van der Waals surface area contributed by atoms with Crippen LogP contribution in [0.3, 0.4) is 0 Å². The lowest BCUT2D eigenvalue weighted by Gasteiger charge is -2.15. The molecule has 5 heteroatoms. The van der Waals surface area contributed by atoms with E-state index in [-0.39, 0.29) is 6.04 Å². The third-order valence-corrected chi connectivity index (χ3v) is 2.80. The van der Waals surface area contributed by atoms with E-state index < -0.39 is 0 Å². The molecule has 1 unspecified atom stereocenters. The molecule has 0 aliphatic heterocycles. The lowest BCUT2D eigenvalue weighted by Crippen LogP contribution is -2.31. The minimum absolute atomic E-state index is 0.0176. The van der Waals surface area contributed by atoms with Gasteiger partial charge in [0.15, 0.2) is 0 Å². The Bertz CT molecular complexity index is 491. The van der Waals surface area contributed by atoms with Gasteiger partial charge in [-0.1, -0.05) is 0 Å². The molecule has 0 amide bonds. The summed E-state index contributed by atoms with van der Waals surface area (Å²) in [7, 11) is 1.97. The fraction of sp³-hybridized carbons (Fsp3) is 0.333. The average molecular weight is 231 g/mol. The van der Waals surface area contributed by atoms with Crippen molar-refractivity contribution in [3.05, 3.63) is 47.8 Å². The summed E-state index contributed by atoms with van der Waals surface area (Å²) in [5.41, 5.74) is 4.91. The highest BCUT2D eigenvalue weighted by Crippen LogP contribution is 2.15. The first kappa shape index (κ1) is 11.8. The Morgan fingerprint density at radius 1 is 1.41 bits per heavy atom. The van der Waals surface area contributed by atoms with Gasteiger partial charge in [-0.3, -0.25) is 16.3 Å². The average Bonchev–Trinajstić information content (AvgIpc) is 2.71. The molecule has 0 radical (unpaired) electrons. The van der Waals surface area contributed by atoms with Crippen LogP contribution in [0.5, 0.6) is 0 Å². The molecule has 5 nitrogen and oxygen atoms in total. The molecule has 0 aromatic carbocycles. The zero-order valence-corrected chi connectivity index (χ0v) is 10.1. The lowest BCUT2D eigenvalue weighted by atomic mass is 10.1. The van der Waals surface area contributed by atoms with E-state index in [0.29, 0.717) is 0 Å². The maximum Gasteiger partial charge on any atom is 0.110 e. The van der Waals surface area contributed by atoms with E-state index in [4.69, 9.17) is 5.84 Å². The van der Waals surface area contributed by atoms with Crippen molar-refractivity contribution in [1.82, 2.24) is 20.0 Å². The number of nitrogens with two attached hydrogens (primary N) is 1. The smallest absolute Gasteiger partial charge is 0.110 e. The molecule has 0 aliphatic rings. The van der Waals surface area contributed by atoms with Gasteiger partial charge in [0.05, 0.1) is 11.7 Å². The Hall–Kier alpha value is -1.72. The number of rotatable bonds is 4. The number of pyridine rings is 1. The van der Waals surface area contributed by atoms with Crippen molar-refractivity contribution in [3.63, 3.8) is 0 Å². The minimum Gasteiger partial charge on any atom is -0.338 e. The fourth-order valence-electron chi connectivity index (χ4n) is 1.77. The van der Waals surface area contributed by atoms with Crippen LogP contribution < -0.4 is 11.3 Å². The number of aromatic nitrogens is 3. The predicted molar refractivity (Wildman–Crippen MR) is 66.0 cm³/mol. The van der Waals surface area contributed by atoms with Gasteiger partial charge in [-0.05, 0) is 24.6 Å². The Morgan fingerprint density at radius 3 is 2.82 bits per heavy atom. The third-order valence-electron chi connectivity index (χ3n) is 2.80. The number of hydrazine groups is 1. The van der Waals surface area contributed by atoms with E-state index in [1.165, 1.54) is 5.56 Å². The summed E-state index contributed by atoms with van der Waals surface area (Å²) in [6.45, 7) is 2.04. The summed E-state index contributed by atoms with van der Waals surface area (Å²) in [5.74, 6) is 6.58. The van der Waals surface area contributed by atoms with Crippen molar-refractivity contribution in [2.24, 2.45) is 12.9 Å². The van der Waals surface area contributed by atoms with E-state index in [1.54, 1.807) is 12.4 Å². The maximum absolute atomic E-state index is 5.59. The van der Waals surface area contributed by atoms with E-state index in [2.05, 4.69) is 15.4 Å². The van der Waals surface area contributed by atoms with Gasteiger partial charge in [0.25, 0.3) is 0 Å². The monoisotopic (exact) mass is 231 g/mol. The first-order valence-electron chi connectivity index (χ1n) is 5.55. The normalized spacial score (nSPS) is 12.6. The Labute approximate surface area is 101 Å². The molecule has 0 fully saturated rings. The Morgan fingerprint density at radius 2 is 2.24 bits per heavy atom. The zero-order valence-electron chi connectivity index (χ0n) is 10.1. The zero-order chi connectivity index (χ0) is 12.3. The van der Waals surface area contributed by atoms with Crippen LogP contribution in [0.25, 0.3) is 0 Å². The van der Waals surface area contributed by atoms with Crippen LogP contribution in [-0.2, 0) is 13.5 Å². The van der Waals surface area contributed by atoms with Crippen molar-refractivity contribution < 1.29 is 0 Å². The molecule has 0 aliphatic carbocycles. The van der Waals surface area contributed by atoms with Crippen molar-refractivity contribution in [3.8, 4) is 0 Å². The number of imidazole rings is 1. The molecule has 0 saturated carbocycles. The highest BCUT2D eigenvalue weighted by molar-refractivity contribution is 5.18.